The zero-order valence-electron chi connectivity index (χ0n) is 11.5. The summed E-state index contributed by atoms with van der Waals surface area (Å²) >= 11 is 3.18. The smallest absolute Gasteiger partial charge is 0.283 e. The Balaban J connectivity index is 2.19. The molecule has 106 valence electrons. The Kier molecular flexibility index (Phi) is 4.08. The van der Waals surface area contributed by atoms with Crippen LogP contribution >= 0.6 is 15.9 Å². The lowest BCUT2D eigenvalue weighted by Crippen LogP contribution is -2.02. The van der Waals surface area contributed by atoms with E-state index in [0.717, 1.165) is 22.6 Å². The fourth-order valence-electron chi connectivity index (χ4n) is 2.03. The minimum Gasteiger partial charge on any atom is -0.378 e. The summed E-state index contributed by atoms with van der Waals surface area (Å²) < 4.78 is 2.29. The van der Waals surface area contributed by atoms with Crippen molar-refractivity contribution in [1.82, 2.24) is 9.78 Å². The number of rotatable bonds is 4. The minimum atomic E-state index is -0.395. The predicted octanol–water partition coefficient (Wildman–Crippen LogP) is 3.32. The first-order valence-corrected chi connectivity index (χ1v) is 6.86. The number of nitrogens with one attached hydrogen (secondary N) is 1. The molecule has 1 aromatic heterocycles. The quantitative estimate of drug-likeness (QED) is 0.685. The highest BCUT2D eigenvalue weighted by Gasteiger charge is 2.13. The van der Waals surface area contributed by atoms with Crippen molar-refractivity contribution in [2.24, 2.45) is 7.05 Å². The molecule has 1 N–H and O–H groups in total. The Bertz CT molecular complexity index is 667. The van der Waals surface area contributed by atoms with Crippen LogP contribution in [0.25, 0.3) is 0 Å². The zero-order chi connectivity index (χ0) is 14.9. The molecule has 0 radical (unpaired) electrons. The SMILES string of the molecule is Cc1nn(C)c(C)c1NCc1ccc(Br)c([N+](=O)[O-])c1. The van der Waals surface area contributed by atoms with E-state index in [-0.39, 0.29) is 5.69 Å². The third kappa shape index (κ3) is 2.82. The van der Waals surface area contributed by atoms with Crippen molar-refractivity contribution in [2.75, 3.05) is 5.32 Å². The van der Waals surface area contributed by atoms with Crippen molar-refractivity contribution in [3.63, 3.8) is 0 Å². The molecular weight excluding hydrogens is 324 g/mol. The van der Waals surface area contributed by atoms with E-state index in [2.05, 4.69) is 26.3 Å². The first kappa shape index (κ1) is 14.5. The van der Waals surface area contributed by atoms with E-state index in [1.165, 1.54) is 0 Å². The van der Waals surface area contributed by atoms with Gasteiger partial charge in [-0.25, -0.2) is 0 Å². The normalized spacial score (nSPS) is 10.6. The molecule has 1 heterocycles. The first-order chi connectivity index (χ1) is 9.40. The summed E-state index contributed by atoms with van der Waals surface area (Å²) in [7, 11) is 1.89. The third-order valence-corrected chi connectivity index (χ3v) is 3.86. The summed E-state index contributed by atoms with van der Waals surface area (Å²) in [6.07, 6.45) is 0. The zero-order valence-corrected chi connectivity index (χ0v) is 13.1. The predicted molar refractivity (Wildman–Crippen MR) is 80.8 cm³/mol. The molecule has 0 bridgehead atoms. The van der Waals surface area contributed by atoms with Gasteiger partial charge in [0.2, 0.25) is 0 Å². The summed E-state index contributed by atoms with van der Waals surface area (Å²) in [5.74, 6) is 0. The maximum absolute atomic E-state index is 10.9. The number of nitrogens with zero attached hydrogens (tertiary/aromatic N) is 3. The van der Waals surface area contributed by atoms with Crippen LogP contribution in [-0.4, -0.2) is 14.7 Å². The highest BCUT2D eigenvalue weighted by molar-refractivity contribution is 9.10. The van der Waals surface area contributed by atoms with Gasteiger partial charge in [0.05, 0.1) is 26.5 Å². The summed E-state index contributed by atoms with van der Waals surface area (Å²) in [6.45, 7) is 4.42. The van der Waals surface area contributed by atoms with Gasteiger partial charge in [0.25, 0.3) is 5.69 Å². The molecule has 0 saturated carbocycles. The number of benzene rings is 1. The Hall–Kier alpha value is -1.89. The van der Waals surface area contributed by atoms with Crippen LogP contribution in [0, 0.1) is 24.0 Å². The van der Waals surface area contributed by atoms with Crippen molar-refractivity contribution in [3.05, 3.63) is 49.7 Å². The van der Waals surface area contributed by atoms with E-state index in [1.807, 2.05) is 31.6 Å². The maximum atomic E-state index is 10.9. The van der Waals surface area contributed by atoms with Crippen LogP contribution < -0.4 is 5.32 Å². The van der Waals surface area contributed by atoms with Gasteiger partial charge < -0.3 is 5.32 Å². The lowest BCUT2D eigenvalue weighted by Gasteiger charge is -2.07. The maximum Gasteiger partial charge on any atom is 0.283 e. The molecule has 0 aliphatic rings. The molecule has 2 rings (SSSR count). The summed E-state index contributed by atoms with van der Waals surface area (Å²) in [4.78, 5) is 10.5. The Morgan fingerprint density at radius 2 is 2.15 bits per heavy atom. The molecule has 0 spiro atoms. The second kappa shape index (κ2) is 5.62. The monoisotopic (exact) mass is 338 g/mol. The van der Waals surface area contributed by atoms with Crippen molar-refractivity contribution in [3.8, 4) is 0 Å². The lowest BCUT2D eigenvalue weighted by molar-refractivity contribution is -0.385. The number of aromatic nitrogens is 2. The average molecular weight is 339 g/mol. The second-order valence-electron chi connectivity index (χ2n) is 4.57. The van der Waals surface area contributed by atoms with Gasteiger partial charge in [-0.3, -0.25) is 14.8 Å². The number of anilines is 1. The Labute approximate surface area is 125 Å². The van der Waals surface area contributed by atoms with Gasteiger partial charge in [-0.1, -0.05) is 6.07 Å². The number of nitro benzene ring substituents is 1. The minimum absolute atomic E-state index is 0.0731. The molecule has 0 atom stereocenters. The number of hydrogen-bond acceptors (Lipinski definition) is 4. The molecule has 0 saturated heterocycles. The highest BCUT2D eigenvalue weighted by Crippen LogP contribution is 2.26. The molecule has 6 nitrogen and oxygen atoms in total. The highest BCUT2D eigenvalue weighted by atomic mass is 79.9. The molecule has 0 fully saturated rings. The van der Waals surface area contributed by atoms with Crippen LogP contribution in [0.4, 0.5) is 11.4 Å². The molecule has 0 aliphatic heterocycles. The van der Waals surface area contributed by atoms with Gasteiger partial charge in [-0.05, 0) is 41.4 Å². The second-order valence-corrected chi connectivity index (χ2v) is 5.42. The van der Waals surface area contributed by atoms with Gasteiger partial charge in [0.1, 0.15) is 0 Å². The average Bonchev–Trinajstić information content (AvgIpc) is 2.62. The molecular formula is C13H15BrN4O2. The van der Waals surface area contributed by atoms with Gasteiger partial charge in [-0.15, -0.1) is 0 Å². The molecule has 7 heteroatoms. The fourth-order valence-corrected chi connectivity index (χ4v) is 2.42. The van der Waals surface area contributed by atoms with Gasteiger partial charge in [0, 0.05) is 19.7 Å². The number of halogens is 1. The standard InChI is InChI=1S/C13H15BrN4O2/c1-8-13(9(2)17(3)16-8)15-7-10-4-5-11(14)12(6-10)18(19)20/h4-6,15H,7H2,1-3H3. The molecule has 1 aromatic carbocycles. The summed E-state index contributed by atoms with van der Waals surface area (Å²) in [5.41, 5.74) is 3.84. The summed E-state index contributed by atoms with van der Waals surface area (Å²) in [6, 6.07) is 5.11. The van der Waals surface area contributed by atoms with E-state index in [0.29, 0.717) is 11.0 Å². The van der Waals surface area contributed by atoms with E-state index >= 15 is 0 Å². The van der Waals surface area contributed by atoms with Crippen molar-refractivity contribution in [1.29, 1.82) is 0 Å². The summed E-state index contributed by atoms with van der Waals surface area (Å²) in [5, 5.41) is 18.5. The van der Waals surface area contributed by atoms with Crippen LogP contribution in [0.1, 0.15) is 17.0 Å². The third-order valence-electron chi connectivity index (χ3n) is 3.19. The van der Waals surface area contributed by atoms with E-state index in [9.17, 15) is 10.1 Å². The number of aryl methyl sites for hydroxylation is 2. The van der Waals surface area contributed by atoms with Crippen molar-refractivity contribution in [2.45, 2.75) is 20.4 Å². The van der Waals surface area contributed by atoms with Crippen LogP contribution in [0.5, 0.6) is 0 Å². The van der Waals surface area contributed by atoms with Crippen LogP contribution in [0.15, 0.2) is 22.7 Å². The largest absolute Gasteiger partial charge is 0.378 e. The van der Waals surface area contributed by atoms with Crippen LogP contribution in [0.2, 0.25) is 0 Å². The van der Waals surface area contributed by atoms with Crippen molar-refractivity contribution >= 4 is 27.3 Å². The van der Waals surface area contributed by atoms with Crippen LogP contribution in [0.3, 0.4) is 0 Å². The van der Waals surface area contributed by atoms with Gasteiger partial charge >= 0.3 is 0 Å². The van der Waals surface area contributed by atoms with Crippen molar-refractivity contribution < 1.29 is 4.92 Å². The van der Waals surface area contributed by atoms with Crippen LogP contribution in [-0.2, 0) is 13.6 Å². The molecule has 2 aromatic rings. The number of nitro groups is 1. The molecule has 20 heavy (non-hydrogen) atoms. The van der Waals surface area contributed by atoms with Gasteiger partial charge in [0.15, 0.2) is 0 Å². The molecule has 0 unspecified atom stereocenters. The molecule has 0 aliphatic carbocycles. The Morgan fingerprint density at radius 3 is 2.70 bits per heavy atom. The van der Waals surface area contributed by atoms with E-state index < -0.39 is 4.92 Å². The van der Waals surface area contributed by atoms with E-state index in [1.54, 1.807) is 12.1 Å². The lowest BCUT2D eigenvalue weighted by atomic mass is 10.2. The number of hydrogen-bond donors (Lipinski definition) is 1. The topological polar surface area (TPSA) is 73.0 Å². The van der Waals surface area contributed by atoms with E-state index in [4.69, 9.17) is 0 Å². The Morgan fingerprint density at radius 1 is 1.45 bits per heavy atom. The fraction of sp³-hybridized carbons (Fsp3) is 0.308. The molecule has 0 amide bonds. The van der Waals surface area contributed by atoms with Gasteiger partial charge in [-0.2, -0.15) is 5.10 Å². The first-order valence-electron chi connectivity index (χ1n) is 6.07.